The lowest BCUT2D eigenvalue weighted by Gasteiger charge is -2.08. The number of hydrogen-bond acceptors (Lipinski definition) is 4. The molecule has 0 aliphatic carbocycles. The Balaban J connectivity index is 1.88. The van der Waals surface area contributed by atoms with E-state index in [1.807, 2.05) is 63.2 Å². The maximum atomic E-state index is 13.1. The number of halogens is 1. The summed E-state index contributed by atoms with van der Waals surface area (Å²) in [6, 6.07) is 17.1. The number of benzene rings is 2. The Morgan fingerprint density at radius 3 is 2.57 bits per heavy atom. The van der Waals surface area contributed by atoms with Gasteiger partial charge in [-0.25, -0.2) is 9.98 Å². The number of anilines is 1. The molecule has 30 heavy (non-hydrogen) atoms. The predicted molar refractivity (Wildman–Crippen MR) is 122 cm³/mol. The zero-order valence-electron chi connectivity index (χ0n) is 16.9. The molecule has 1 N–H and O–H groups in total. The van der Waals surface area contributed by atoms with E-state index in [9.17, 15) is 4.79 Å². The molecule has 4 aromatic rings. The summed E-state index contributed by atoms with van der Waals surface area (Å²) in [5.41, 5.74) is 5.10. The summed E-state index contributed by atoms with van der Waals surface area (Å²) in [7, 11) is 0. The van der Waals surface area contributed by atoms with Crippen LogP contribution in [-0.2, 0) is 0 Å². The van der Waals surface area contributed by atoms with Crippen LogP contribution in [0.4, 0.5) is 11.5 Å². The molecule has 0 aliphatic rings. The first-order valence-electron chi connectivity index (χ1n) is 9.48. The molecule has 0 aliphatic heterocycles. The highest BCUT2D eigenvalue weighted by atomic mass is 79.9. The van der Waals surface area contributed by atoms with Gasteiger partial charge in [0, 0.05) is 16.1 Å². The van der Waals surface area contributed by atoms with E-state index in [1.165, 1.54) is 0 Å². The summed E-state index contributed by atoms with van der Waals surface area (Å²) in [5, 5.41) is 3.63. The van der Waals surface area contributed by atoms with E-state index in [0.29, 0.717) is 17.0 Å². The van der Waals surface area contributed by atoms with Gasteiger partial charge in [0.1, 0.15) is 17.0 Å². The molecule has 6 heteroatoms. The summed E-state index contributed by atoms with van der Waals surface area (Å²) in [6.45, 7) is 5.93. The highest BCUT2D eigenvalue weighted by Crippen LogP contribution is 2.22. The van der Waals surface area contributed by atoms with Gasteiger partial charge in [0.15, 0.2) is 0 Å². The quantitative estimate of drug-likeness (QED) is 0.406. The van der Waals surface area contributed by atoms with Gasteiger partial charge in [0.2, 0.25) is 5.55 Å². The molecule has 0 radical (unpaired) electrons. The molecule has 5 nitrogen and oxygen atoms in total. The summed E-state index contributed by atoms with van der Waals surface area (Å²) in [6.07, 6.45) is 1.71. The van der Waals surface area contributed by atoms with Crippen molar-refractivity contribution in [1.82, 2.24) is 4.98 Å². The molecule has 2 heterocycles. The minimum Gasteiger partial charge on any atom is -0.438 e. The van der Waals surface area contributed by atoms with Crippen molar-refractivity contribution in [2.75, 3.05) is 5.32 Å². The van der Waals surface area contributed by atoms with Crippen LogP contribution >= 0.6 is 15.9 Å². The fraction of sp³-hybridized carbons (Fsp3) is 0.125. The van der Waals surface area contributed by atoms with Crippen molar-refractivity contribution in [2.24, 2.45) is 4.99 Å². The average Bonchev–Trinajstić information content (AvgIpc) is 2.72. The summed E-state index contributed by atoms with van der Waals surface area (Å²) in [5.74, 6) is 0.138. The molecule has 2 aromatic heterocycles. The number of carbonyl (C=O) groups is 1. The Kier molecular flexibility index (Phi) is 5.50. The number of aromatic nitrogens is 1. The largest absolute Gasteiger partial charge is 0.438 e. The standard InChI is InChI=1S/C24H20BrN3O2/c1-14-4-6-16(3)20(10-14)27-24-19(12-17-11-18(25)7-8-21(17)30-24)23(29)28-22-9-5-15(2)13-26-22/h4-13H,1-3H3,(H,26,28,29). The topological polar surface area (TPSA) is 67.5 Å². The summed E-state index contributed by atoms with van der Waals surface area (Å²) >= 11 is 3.47. The van der Waals surface area contributed by atoms with Crippen molar-refractivity contribution in [2.45, 2.75) is 20.8 Å². The molecule has 0 spiro atoms. The Labute approximate surface area is 182 Å². The minimum absolute atomic E-state index is 0.253. The highest BCUT2D eigenvalue weighted by molar-refractivity contribution is 9.10. The summed E-state index contributed by atoms with van der Waals surface area (Å²) in [4.78, 5) is 22.1. The number of nitrogens with zero attached hydrogens (tertiary/aromatic N) is 2. The zero-order valence-corrected chi connectivity index (χ0v) is 18.4. The van der Waals surface area contributed by atoms with Crippen LogP contribution in [0.15, 0.2) is 74.7 Å². The lowest BCUT2D eigenvalue weighted by atomic mass is 10.1. The average molecular weight is 462 g/mol. The van der Waals surface area contributed by atoms with Crippen molar-refractivity contribution in [3.63, 3.8) is 0 Å². The van der Waals surface area contributed by atoms with Crippen LogP contribution in [0.25, 0.3) is 11.0 Å². The third-order valence-corrected chi connectivity index (χ3v) is 5.19. The summed E-state index contributed by atoms with van der Waals surface area (Å²) < 4.78 is 6.96. The van der Waals surface area contributed by atoms with Gasteiger partial charge in [0.25, 0.3) is 5.91 Å². The van der Waals surface area contributed by atoms with Crippen LogP contribution in [0.5, 0.6) is 0 Å². The van der Waals surface area contributed by atoms with Gasteiger partial charge in [-0.05, 0) is 73.9 Å². The normalized spacial score (nSPS) is 11.7. The number of pyridine rings is 1. The number of nitrogens with one attached hydrogen (secondary N) is 1. The number of fused-ring (bicyclic) bond motifs is 1. The molecular weight excluding hydrogens is 442 g/mol. The third-order valence-electron chi connectivity index (χ3n) is 4.69. The second-order valence-corrected chi connectivity index (χ2v) is 8.14. The monoisotopic (exact) mass is 461 g/mol. The van der Waals surface area contributed by atoms with Crippen LogP contribution in [0.2, 0.25) is 0 Å². The van der Waals surface area contributed by atoms with E-state index in [1.54, 1.807) is 18.3 Å². The lowest BCUT2D eigenvalue weighted by molar-refractivity contribution is 0.102. The molecule has 0 atom stereocenters. The van der Waals surface area contributed by atoms with Gasteiger partial charge < -0.3 is 9.73 Å². The van der Waals surface area contributed by atoms with E-state index in [-0.39, 0.29) is 11.5 Å². The van der Waals surface area contributed by atoms with E-state index in [4.69, 9.17) is 9.41 Å². The fourth-order valence-electron chi connectivity index (χ4n) is 3.02. The molecule has 4 rings (SSSR count). The van der Waals surface area contributed by atoms with Crippen LogP contribution < -0.4 is 10.9 Å². The maximum Gasteiger partial charge on any atom is 0.262 e. The first kappa shape index (κ1) is 20.0. The highest BCUT2D eigenvalue weighted by Gasteiger charge is 2.14. The molecule has 0 saturated carbocycles. The van der Waals surface area contributed by atoms with Gasteiger partial charge in [-0.2, -0.15) is 0 Å². The molecule has 150 valence electrons. The Hall–Kier alpha value is -3.25. The molecule has 0 unspecified atom stereocenters. The van der Waals surface area contributed by atoms with Crippen LogP contribution in [0.1, 0.15) is 27.0 Å². The van der Waals surface area contributed by atoms with Gasteiger partial charge >= 0.3 is 0 Å². The smallest absolute Gasteiger partial charge is 0.262 e. The number of rotatable bonds is 3. The van der Waals surface area contributed by atoms with Gasteiger partial charge in [0.05, 0.1) is 5.69 Å². The van der Waals surface area contributed by atoms with Gasteiger partial charge in [-0.3, -0.25) is 4.79 Å². The number of carbonyl (C=O) groups excluding carboxylic acids is 1. The molecule has 1 amide bonds. The predicted octanol–water partition coefficient (Wildman–Crippen LogP) is 6.00. The Bertz CT molecular complexity index is 1320. The molecule has 0 bridgehead atoms. The van der Waals surface area contributed by atoms with Crippen LogP contribution in [0, 0.1) is 20.8 Å². The maximum absolute atomic E-state index is 13.1. The first-order chi connectivity index (χ1) is 14.4. The number of hydrogen-bond donors (Lipinski definition) is 1. The van der Waals surface area contributed by atoms with Crippen molar-refractivity contribution < 1.29 is 9.21 Å². The minimum atomic E-state index is -0.332. The number of amides is 1. The van der Waals surface area contributed by atoms with Crippen molar-refractivity contribution in [3.05, 3.63) is 93.1 Å². The van der Waals surface area contributed by atoms with Crippen molar-refractivity contribution in [3.8, 4) is 0 Å². The molecule has 2 aromatic carbocycles. The second kappa shape index (κ2) is 8.24. The number of aryl methyl sites for hydroxylation is 3. The van der Waals surface area contributed by atoms with Crippen molar-refractivity contribution >= 4 is 44.3 Å². The zero-order chi connectivity index (χ0) is 21.3. The van der Waals surface area contributed by atoms with E-state index >= 15 is 0 Å². The molecular formula is C24H20BrN3O2. The molecule has 0 saturated heterocycles. The van der Waals surface area contributed by atoms with Crippen LogP contribution in [0.3, 0.4) is 0 Å². The van der Waals surface area contributed by atoms with Gasteiger partial charge in [-0.1, -0.05) is 34.1 Å². The Morgan fingerprint density at radius 1 is 1.00 bits per heavy atom. The van der Waals surface area contributed by atoms with Crippen molar-refractivity contribution in [1.29, 1.82) is 0 Å². The Morgan fingerprint density at radius 2 is 1.80 bits per heavy atom. The first-order valence-corrected chi connectivity index (χ1v) is 10.3. The lowest BCUT2D eigenvalue weighted by Crippen LogP contribution is -2.22. The van der Waals surface area contributed by atoms with E-state index < -0.39 is 0 Å². The van der Waals surface area contributed by atoms with Gasteiger partial charge in [-0.15, -0.1) is 0 Å². The SMILES string of the molecule is Cc1ccc(NC(=O)c2cc3cc(Br)ccc3oc2=Nc2cc(C)ccc2C)nc1. The third kappa shape index (κ3) is 4.33. The second-order valence-electron chi connectivity index (χ2n) is 7.22. The van der Waals surface area contributed by atoms with E-state index in [0.717, 1.165) is 32.2 Å². The van der Waals surface area contributed by atoms with Crippen LogP contribution in [-0.4, -0.2) is 10.9 Å². The molecule has 0 fully saturated rings. The fourth-order valence-corrected chi connectivity index (χ4v) is 3.40. The van der Waals surface area contributed by atoms with E-state index in [2.05, 4.69) is 26.2 Å².